The van der Waals surface area contributed by atoms with E-state index in [0.29, 0.717) is 37.9 Å². The smallest absolute Gasteiger partial charge is 0.334 e. The average molecular weight is 422 g/mol. The molecule has 4 N–H and O–H groups in total. The number of H-pyrrole nitrogens is 1. The third-order valence-corrected chi connectivity index (χ3v) is 5.02. The van der Waals surface area contributed by atoms with E-state index < -0.39 is 40.5 Å². The van der Waals surface area contributed by atoms with Crippen LogP contribution in [0.5, 0.6) is 0 Å². The quantitative estimate of drug-likeness (QED) is 0.595. The van der Waals surface area contributed by atoms with Gasteiger partial charge in [-0.1, -0.05) is 43.2 Å². The number of aromatic nitrogens is 1. The second-order valence-electron chi connectivity index (χ2n) is 7.17. The first-order valence-electron chi connectivity index (χ1n) is 9.41. The van der Waals surface area contributed by atoms with E-state index in [1.54, 1.807) is 0 Å². The summed E-state index contributed by atoms with van der Waals surface area (Å²) in [4.78, 5) is 39.1. The maximum absolute atomic E-state index is 12.9. The standard InChI is InChI=1S/C20H21F3N4O3/c21-20(22,23)14-10-15(16(28)24-12-14)26-17(29)19(8-4-5-9-19)27-18(30)25-11-13-6-2-1-3-7-13/h1-3,6-7,10,12H,4-5,8-9,11H2,(H,24,28)(H,26,29)(H2,25,27,30). The molecular weight excluding hydrogens is 401 g/mol. The van der Waals surface area contributed by atoms with Crippen molar-refractivity contribution in [2.75, 3.05) is 5.32 Å². The summed E-state index contributed by atoms with van der Waals surface area (Å²) in [6, 6.07) is 9.16. The minimum atomic E-state index is -4.68. The predicted molar refractivity (Wildman–Crippen MR) is 104 cm³/mol. The number of amides is 3. The number of urea groups is 1. The summed E-state index contributed by atoms with van der Waals surface area (Å²) >= 11 is 0. The highest BCUT2D eigenvalue weighted by Gasteiger charge is 2.43. The van der Waals surface area contributed by atoms with Crippen molar-refractivity contribution in [2.45, 2.75) is 43.9 Å². The van der Waals surface area contributed by atoms with Crippen molar-refractivity contribution in [3.63, 3.8) is 0 Å². The summed E-state index contributed by atoms with van der Waals surface area (Å²) in [6.45, 7) is 0.248. The van der Waals surface area contributed by atoms with Crippen LogP contribution in [0, 0.1) is 0 Å². The summed E-state index contributed by atoms with van der Waals surface area (Å²) in [5.41, 5.74) is -2.91. The van der Waals surface area contributed by atoms with Gasteiger partial charge in [0.15, 0.2) is 0 Å². The molecule has 0 spiro atoms. The van der Waals surface area contributed by atoms with Crippen LogP contribution in [0.4, 0.5) is 23.7 Å². The van der Waals surface area contributed by atoms with E-state index in [-0.39, 0.29) is 6.54 Å². The van der Waals surface area contributed by atoms with Crippen molar-refractivity contribution in [3.05, 3.63) is 64.1 Å². The molecule has 1 aromatic heterocycles. The third-order valence-electron chi connectivity index (χ3n) is 5.02. The number of carbonyl (C=O) groups is 2. The maximum atomic E-state index is 12.9. The van der Waals surface area contributed by atoms with Gasteiger partial charge in [-0.25, -0.2) is 4.79 Å². The molecule has 1 aromatic carbocycles. The van der Waals surface area contributed by atoms with Crippen LogP contribution in [0.25, 0.3) is 0 Å². The minimum absolute atomic E-state index is 0.248. The fraction of sp³-hybridized carbons (Fsp3) is 0.350. The molecule has 10 heteroatoms. The van der Waals surface area contributed by atoms with Crippen LogP contribution in [0.2, 0.25) is 0 Å². The lowest BCUT2D eigenvalue weighted by molar-refractivity contribution is -0.137. The normalized spacial score (nSPS) is 15.4. The Morgan fingerprint density at radius 3 is 2.40 bits per heavy atom. The van der Waals surface area contributed by atoms with Crippen LogP contribution in [-0.4, -0.2) is 22.5 Å². The number of benzene rings is 1. The largest absolute Gasteiger partial charge is 0.417 e. The Kier molecular flexibility index (Phi) is 6.14. The van der Waals surface area contributed by atoms with Crippen LogP contribution >= 0.6 is 0 Å². The SMILES string of the molecule is O=C(NCc1ccccc1)NC1(C(=O)Nc2cc(C(F)(F)F)c[nH]c2=O)CCCC1. The van der Waals surface area contributed by atoms with Crippen LogP contribution in [0.1, 0.15) is 36.8 Å². The van der Waals surface area contributed by atoms with Gasteiger partial charge in [0.05, 0.1) is 5.56 Å². The molecule has 1 saturated carbocycles. The van der Waals surface area contributed by atoms with E-state index >= 15 is 0 Å². The number of aromatic amines is 1. The minimum Gasteiger partial charge on any atom is -0.334 e. The van der Waals surface area contributed by atoms with E-state index in [1.807, 2.05) is 35.3 Å². The number of alkyl halides is 3. The first-order chi connectivity index (χ1) is 14.2. The van der Waals surface area contributed by atoms with Gasteiger partial charge in [-0.05, 0) is 24.5 Å². The van der Waals surface area contributed by atoms with Gasteiger partial charge in [-0.2, -0.15) is 13.2 Å². The number of anilines is 1. The molecule has 0 aliphatic heterocycles. The van der Waals surface area contributed by atoms with Crippen LogP contribution < -0.4 is 21.5 Å². The van der Waals surface area contributed by atoms with Crippen molar-refractivity contribution in [3.8, 4) is 0 Å². The molecule has 0 bridgehead atoms. The Balaban J connectivity index is 1.71. The van der Waals surface area contributed by atoms with Gasteiger partial charge in [0.1, 0.15) is 11.2 Å². The lowest BCUT2D eigenvalue weighted by Gasteiger charge is -2.29. The van der Waals surface area contributed by atoms with Gasteiger partial charge in [-0.3, -0.25) is 9.59 Å². The number of rotatable bonds is 5. The first kappa shape index (κ1) is 21.4. The molecule has 3 rings (SSSR count). The number of halogens is 3. The number of nitrogens with one attached hydrogen (secondary N) is 4. The lowest BCUT2D eigenvalue weighted by Crippen LogP contribution is -2.57. The highest BCUT2D eigenvalue weighted by Crippen LogP contribution is 2.32. The molecule has 0 atom stereocenters. The molecule has 1 aliphatic carbocycles. The first-order valence-corrected chi connectivity index (χ1v) is 9.41. The van der Waals surface area contributed by atoms with Crippen molar-refractivity contribution in [1.29, 1.82) is 0 Å². The van der Waals surface area contributed by atoms with E-state index in [0.717, 1.165) is 5.56 Å². The fourth-order valence-electron chi connectivity index (χ4n) is 3.41. The molecule has 160 valence electrons. The summed E-state index contributed by atoms with van der Waals surface area (Å²) in [6.07, 6.45) is -2.19. The zero-order valence-corrected chi connectivity index (χ0v) is 15.9. The molecule has 2 aromatic rings. The van der Waals surface area contributed by atoms with Crippen molar-refractivity contribution in [2.24, 2.45) is 0 Å². The highest BCUT2D eigenvalue weighted by atomic mass is 19.4. The Morgan fingerprint density at radius 2 is 1.77 bits per heavy atom. The zero-order valence-electron chi connectivity index (χ0n) is 15.9. The zero-order chi connectivity index (χ0) is 21.8. The molecule has 3 amide bonds. The molecule has 0 unspecified atom stereocenters. The number of carbonyl (C=O) groups excluding carboxylic acids is 2. The van der Waals surface area contributed by atoms with Crippen LogP contribution in [-0.2, 0) is 17.5 Å². The maximum Gasteiger partial charge on any atom is 0.417 e. The van der Waals surface area contributed by atoms with Crippen LogP contribution in [0.3, 0.4) is 0 Å². The Morgan fingerprint density at radius 1 is 1.10 bits per heavy atom. The van der Waals surface area contributed by atoms with Gasteiger partial charge in [-0.15, -0.1) is 0 Å². The fourth-order valence-corrected chi connectivity index (χ4v) is 3.41. The molecule has 7 nitrogen and oxygen atoms in total. The Bertz CT molecular complexity index is 967. The van der Waals surface area contributed by atoms with Gasteiger partial charge >= 0.3 is 12.2 Å². The van der Waals surface area contributed by atoms with E-state index in [1.165, 1.54) is 0 Å². The lowest BCUT2D eigenvalue weighted by atomic mass is 9.96. The molecular formula is C20H21F3N4O3. The van der Waals surface area contributed by atoms with E-state index in [9.17, 15) is 27.6 Å². The van der Waals surface area contributed by atoms with Gasteiger partial charge < -0.3 is 20.9 Å². The van der Waals surface area contributed by atoms with Crippen molar-refractivity contribution in [1.82, 2.24) is 15.6 Å². The number of hydrogen-bond donors (Lipinski definition) is 4. The molecule has 30 heavy (non-hydrogen) atoms. The molecule has 0 radical (unpaired) electrons. The van der Waals surface area contributed by atoms with E-state index in [2.05, 4.69) is 16.0 Å². The third kappa shape index (κ3) is 5.00. The molecule has 1 aliphatic rings. The van der Waals surface area contributed by atoms with Crippen LogP contribution in [0.15, 0.2) is 47.4 Å². The second-order valence-corrected chi connectivity index (χ2v) is 7.17. The summed E-state index contributed by atoms with van der Waals surface area (Å²) in [5.74, 6) is -0.723. The van der Waals surface area contributed by atoms with Gasteiger partial charge in [0.25, 0.3) is 5.56 Å². The molecule has 1 fully saturated rings. The van der Waals surface area contributed by atoms with Gasteiger partial charge in [0, 0.05) is 12.7 Å². The Hall–Kier alpha value is -3.30. The monoisotopic (exact) mass is 422 g/mol. The molecule has 1 heterocycles. The summed E-state index contributed by atoms with van der Waals surface area (Å²) in [7, 11) is 0. The average Bonchev–Trinajstić information content (AvgIpc) is 3.17. The van der Waals surface area contributed by atoms with Gasteiger partial charge in [0.2, 0.25) is 5.91 Å². The molecule has 0 saturated heterocycles. The van der Waals surface area contributed by atoms with Crippen molar-refractivity contribution < 1.29 is 22.8 Å². The topological polar surface area (TPSA) is 103 Å². The highest BCUT2D eigenvalue weighted by molar-refractivity contribution is 6.00. The number of hydrogen-bond acceptors (Lipinski definition) is 3. The Labute approximate surface area is 170 Å². The van der Waals surface area contributed by atoms with E-state index in [4.69, 9.17) is 0 Å². The predicted octanol–water partition coefficient (Wildman–Crippen LogP) is 3.14. The summed E-state index contributed by atoms with van der Waals surface area (Å²) in [5, 5.41) is 7.57. The second kappa shape index (κ2) is 8.60. The number of pyridine rings is 1. The van der Waals surface area contributed by atoms with Crippen molar-refractivity contribution >= 4 is 17.6 Å². The summed E-state index contributed by atoms with van der Waals surface area (Å²) < 4.78 is 38.7.